The van der Waals surface area contributed by atoms with Crippen LogP contribution in [0.25, 0.3) is 0 Å². The molecule has 1 amide bonds. The van der Waals surface area contributed by atoms with Crippen LogP contribution in [0.5, 0.6) is 0 Å². The van der Waals surface area contributed by atoms with Crippen LogP contribution in [0.4, 0.5) is 5.69 Å². The summed E-state index contributed by atoms with van der Waals surface area (Å²) in [6.07, 6.45) is 0. The first kappa shape index (κ1) is 14.0. The van der Waals surface area contributed by atoms with Crippen molar-refractivity contribution < 1.29 is 4.79 Å². The maximum atomic E-state index is 12.2. The molecular formula is C13H19ClN2O. The minimum Gasteiger partial charge on any atom is -0.325 e. The molecule has 3 nitrogen and oxygen atoms in total. The molecule has 0 aliphatic rings. The molecule has 3 N–H and O–H groups in total. The summed E-state index contributed by atoms with van der Waals surface area (Å²) in [5.74, 6) is -0.141. The van der Waals surface area contributed by atoms with Crippen LogP contribution >= 0.6 is 11.6 Å². The van der Waals surface area contributed by atoms with Crippen molar-refractivity contribution in [3.8, 4) is 0 Å². The van der Waals surface area contributed by atoms with E-state index >= 15 is 0 Å². The number of hydrogen-bond acceptors (Lipinski definition) is 2. The van der Waals surface area contributed by atoms with Gasteiger partial charge in [0.2, 0.25) is 5.91 Å². The number of hydrogen-bond donors (Lipinski definition) is 2. The number of amides is 1. The molecule has 0 aliphatic carbocycles. The highest BCUT2D eigenvalue weighted by molar-refractivity contribution is 6.33. The van der Waals surface area contributed by atoms with Crippen LogP contribution < -0.4 is 11.1 Å². The SMILES string of the molecule is CC(C)(N)C(C)(C)C(=O)Nc1ccccc1Cl. The van der Waals surface area contributed by atoms with E-state index in [1.165, 1.54) is 0 Å². The van der Waals surface area contributed by atoms with Gasteiger partial charge in [-0.1, -0.05) is 23.7 Å². The number of para-hydroxylation sites is 1. The van der Waals surface area contributed by atoms with Crippen molar-refractivity contribution in [1.29, 1.82) is 0 Å². The number of carbonyl (C=O) groups excluding carboxylic acids is 1. The summed E-state index contributed by atoms with van der Waals surface area (Å²) >= 11 is 5.99. The second-order valence-corrected chi connectivity index (χ2v) is 5.69. The Morgan fingerprint density at radius 2 is 1.76 bits per heavy atom. The smallest absolute Gasteiger partial charge is 0.231 e. The first-order chi connectivity index (χ1) is 7.66. The molecule has 0 saturated carbocycles. The molecule has 1 rings (SSSR count). The summed E-state index contributed by atoms with van der Waals surface area (Å²) in [6, 6.07) is 7.13. The zero-order valence-corrected chi connectivity index (χ0v) is 11.4. The highest BCUT2D eigenvalue weighted by Crippen LogP contribution is 2.31. The minimum atomic E-state index is -0.688. The number of nitrogens with one attached hydrogen (secondary N) is 1. The van der Waals surface area contributed by atoms with Gasteiger partial charge in [-0.15, -0.1) is 0 Å². The predicted octanol–water partition coefficient (Wildman–Crippen LogP) is 3.04. The van der Waals surface area contributed by atoms with Crippen LogP contribution in [0.2, 0.25) is 5.02 Å². The van der Waals surface area contributed by atoms with Gasteiger partial charge in [-0.2, -0.15) is 0 Å². The third-order valence-corrected chi connectivity index (χ3v) is 3.63. The highest BCUT2D eigenvalue weighted by Gasteiger charge is 2.40. The molecular weight excluding hydrogens is 236 g/mol. The van der Waals surface area contributed by atoms with Crippen molar-refractivity contribution in [2.75, 3.05) is 5.32 Å². The topological polar surface area (TPSA) is 55.1 Å². The molecule has 4 heteroatoms. The van der Waals surface area contributed by atoms with Crippen molar-refractivity contribution in [3.63, 3.8) is 0 Å². The molecule has 17 heavy (non-hydrogen) atoms. The average Bonchev–Trinajstić information content (AvgIpc) is 2.19. The minimum absolute atomic E-state index is 0.141. The van der Waals surface area contributed by atoms with E-state index in [2.05, 4.69) is 5.32 Å². The predicted molar refractivity (Wildman–Crippen MR) is 72.1 cm³/mol. The molecule has 1 aromatic rings. The molecule has 0 heterocycles. The van der Waals surface area contributed by atoms with Crippen molar-refractivity contribution >= 4 is 23.2 Å². The highest BCUT2D eigenvalue weighted by atomic mass is 35.5. The van der Waals surface area contributed by atoms with Crippen LogP contribution in [-0.4, -0.2) is 11.4 Å². The summed E-state index contributed by atoms with van der Waals surface area (Å²) in [5.41, 5.74) is 5.32. The molecule has 0 unspecified atom stereocenters. The molecule has 0 fully saturated rings. The van der Waals surface area contributed by atoms with Gasteiger partial charge in [-0.05, 0) is 39.8 Å². The molecule has 0 saturated heterocycles. The van der Waals surface area contributed by atoms with Gasteiger partial charge in [0.05, 0.1) is 16.1 Å². The van der Waals surface area contributed by atoms with Gasteiger partial charge in [0.1, 0.15) is 0 Å². The van der Waals surface area contributed by atoms with E-state index < -0.39 is 11.0 Å². The molecule has 1 aromatic carbocycles. The second-order valence-electron chi connectivity index (χ2n) is 5.28. The largest absolute Gasteiger partial charge is 0.325 e. The van der Waals surface area contributed by atoms with E-state index in [-0.39, 0.29) is 5.91 Å². The van der Waals surface area contributed by atoms with Crippen LogP contribution in [0.1, 0.15) is 27.7 Å². The van der Waals surface area contributed by atoms with Crippen LogP contribution in [0.15, 0.2) is 24.3 Å². The van der Waals surface area contributed by atoms with Crippen molar-refractivity contribution in [2.24, 2.45) is 11.1 Å². The van der Waals surface area contributed by atoms with Gasteiger partial charge in [0.25, 0.3) is 0 Å². The number of rotatable bonds is 3. The second kappa shape index (κ2) is 4.67. The lowest BCUT2D eigenvalue weighted by atomic mass is 9.74. The van der Waals surface area contributed by atoms with E-state index in [1.54, 1.807) is 12.1 Å². The van der Waals surface area contributed by atoms with E-state index in [1.807, 2.05) is 39.8 Å². The number of carbonyl (C=O) groups is 1. The lowest BCUT2D eigenvalue weighted by Gasteiger charge is -2.36. The van der Waals surface area contributed by atoms with Crippen molar-refractivity contribution in [1.82, 2.24) is 0 Å². The van der Waals surface area contributed by atoms with Gasteiger partial charge in [0, 0.05) is 5.54 Å². The summed E-state index contributed by atoms with van der Waals surface area (Å²) in [5, 5.41) is 3.33. The third kappa shape index (κ3) is 2.99. The number of anilines is 1. The van der Waals surface area contributed by atoms with Crippen molar-refractivity contribution in [2.45, 2.75) is 33.2 Å². The average molecular weight is 255 g/mol. The molecule has 0 spiro atoms. The fourth-order valence-electron chi connectivity index (χ4n) is 1.13. The van der Waals surface area contributed by atoms with Gasteiger partial charge < -0.3 is 11.1 Å². The Morgan fingerprint density at radius 3 is 2.24 bits per heavy atom. The zero-order valence-electron chi connectivity index (χ0n) is 10.7. The normalized spacial score (nSPS) is 12.4. The summed E-state index contributed by atoms with van der Waals surface area (Å²) in [7, 11) is 0. The Labute approximate surface area is 107 Å². The van der Waals surface area contributed by atoms with E-state index in [9.17, 15) is 4.79 Å². The molecule has 0 atom stereocenters. The fraction of sp³-hybridized carbons (Fsp3) is 0.462. The Hall–Kier alpha value is -1.06. The standard InChI is InChI=1S/C13H19ClN2O/c1-12(2,13(3,4)15)11(17)16-10-8-6-5-7-9(10)14/h5-8H,15H2,1-4H3,(H,16,17). The van der Waals surface area contributed by atoms with Crippen LogP contribution in [0.3, 0.4) is 0 Å². The van der Waals surface area contributed by atoms with E-state index in [4.69, 9.17) is 17.3 Å². The van der Waals surface area contributed by atoms with Crippen LogP contribution in [-0.2, 0) is 4.79 Å². The fourth-order valence-corrected chi connectivity index (χ4v) is 1.32. The van der Waals surface area contributed by atoms with Gasteiger partial charge >= 0.3 is 0 Å². The number of nitrogens with two attached hydrogens (primary N) is 1. The maximum absolute atomic E-state index is 12.2. The Kier molecular flexibility index (Phi) is 3.84. The number of benzene rings is 1. The van der Waals surface area contributed by atoms with E-state index in [0.29, 0.717) is 10.7 Å². The lowest BCUT2D eigenvalue weighted by molar-refractivity contribution is -0.126. The Morgan fingerprint density at radius 1 is 1.24 bits per heavy atom. The first-order valence-electron chi connectivity index (χ1n) is 5.51. The quantitative estimate of drug-likeness (QED) is 0.871. The summed E-state index contributed by atoms with van der Waals surface area (Å²) in [6.45, 7) is 7.30. The molecule has 0 aromatic heterocycles. The third-order valence-electron chi connectivity index (χ3n) is 3.30. The lowest BCUT2D eigenvalue weighted by Crippen LogP contribution is -2.53. The maximum Gasteiger partial charge on any atom is 0.231 e. The summed E-state index contributed by atoms with van der Waals surface area (Å²) < 4.78 is 0. The Balaban J connectivity index is 2.91. The van der Waals surface area contributed by atoms with Gasteiger partial charge in [-0.25, -0.2) is 0 Å². The van der Waals surface area contributed by atoms with E-state index in [0.717, 1.165) is 0 Å². The first-order valence-corrected chi connectivity index (χ1v) is 5.89. The van der Waals surface area contributed by atoms with Crippen molar-refractivity contribution in [3.05, 3.63) is 29.3 Å². The molecule has 0 aliphatic heterocycles. The zero-order chi connectivity index (χ0) is 13.3. The molecule has 0 bridgehead atoms. The van der Waals surface area contributed by atoms with Gasteiger partial charge in [0.15, 0.2) is 0 Å². The Bertz CT molecular complexity index is 422. The molecule has 0 radical (unpaired) electrons. The van der Waals surface area contributed by atoms with Crippen LogP contribution in [0, 0.1) is 5.41 Å². The van der Waals surface area contributed by atoms with Gasteiger partial charge in [-0.3, -0.25) is 4.79 Å². The monoisotopic (exact) mass is 254 g/mol. The summed E-state index contributed by atoms with van der Waals surface area (Å²) in [4.78, 5) is 12.2. The molecule has 94 valence electrons. The number of halogens is 1.